The standard InChI is InChI=1S/C42H62O2/c1-7-8-9-10-11-12-13-14-15-16-17-18-19-20-21-22-23-24-25-31-41(43)44-36-34-38(3)29-26-28-37(2)32-33-40-39(4)30-27-35-42(40,5)6/h8-9,11-12,14-15,17-18,20-21,26,28-29,32-34H,7,10,13,16,19,22-25,27,30-31,35-36H2,1-6H3/b9-8-,12-11-,15-14-,18-17-,21-20-,29-26+,33-32+,37-28+,38-34+. The Balaban J connectivity index is 2.12. The van der Waals surface area contributed by atoms with Crippen LogP contribution in [0.4, 0.5) is 0 Å². The van der Waals surface area contributed by atoms with Crippen molar-refractivity contribution < 1.29 is 9.53 Å². The van der Waals surface area contributed by atoms with Gasteiger partial charge in [-0.1, -0.05) is 135 Å². The molecule has 0 heterocycles. The number of hydrogen-bond donors (Lipinski definition) is 0. The number of hydrogen-bond acceptors (Lipinski definition) is 2. The predicted molar refractivity (Wildman–Crippen MR) is 195 cm³/mol. The second-order valence-electron chi connectivity index (χ2n) is 12.5. The van der Waals surface area contributed by atoms with Crippen molar-refractivity contribution in [2.45, 2.75) is 125 Å². The highest BCUT2D eigenvalue weighted by Gasteiger charge is 2.26. The van der Waals surface area contributed by atoms with Gasteiger partial charge in [0.2, 0.25) is 0 Å². The Kier molecular flexibility index (Phi) is 22.3. The van der Waals surface area contributed by atoms with E-state index in [0.29, 0.717) is 13.0 Å². The molecule has 0 amide bonds. The van der Waals surface area contributed by atoms with Crippen LogP contribution in [0.15, 0.2) is 120 Å². The molecule has 0 radical (unpaired) electrons. The average Bonchev–Trinajstić information content (AvgIpc) is 2.97. The van der Waals surface area contributed by atoms with Gasteiger partial charge in [0, 0.05) is 6.42 Å². The van der Waals surface area contributed by atoms with Crippen LogP contribution in [0.1, 0.15) is 125 Å². The average molecular weight is 599 g/mol. The largest absolute Gasteiger partial charge is 0.461 e. The highest BCUT2D eigenvalue weighted by molar-refractivity contribution is 5.69. The Bertz CT molecular complexity index is 1110. The molecule has 0 aromatic rings. The molecule has 0 N–H and O–H groups in total. The van der Waals surface area contributed by atoms with Crippen molar-refractivity contribution in [3.05, 3.63) is 120 Å². The minimum absolute atomic E-state index is 0.107. The molecule has 0 saturated heterocycles. The van der Waals surface area contributed by atoms with Crippen LogP contribution in [0.2, 0.25) is 0 Å². The zero-order chi connectivity index (χ0) is 32.3. The maximum Gasteiger partial charge on any atom is 0.306 e. The molecule has 0 unspecified atom stereocenters. The fourth-order valence-electron chi connectivity index (χ4n) is 5.12. The van der Waals surface area contributed by atoms with Gasteiger partial charge >= 0.3 is 5.97 Å². The molecule has 1 rings (SSSR count). The van der Waals surface area contributed by atoms with Gasteiger partial charge in [-0.25, -0.2) is 0 Å². The number of ether oxygens (including phenoxy) is 1. The number of allylic oxidation sites excluding steroid dienone is 19. The van der Waals surface area contributed by atoms with Gasteiger partial charge < -0.3 is 4.74 Å². The highest BCUT2D eigenvalue weighted by atomic mass is 16.5. The second-order valence-corrected chi connectivity index (χ2v) is 12.5. The van der Waals surface area contributed by atoms with E-state index in [1.165, 1.54) is 36.0 Å². The Labute approximate surface area is 271 Å². The first-order chi connectivity index (χ1) is 21.3. The molecule has 0 aromatic heterocycles. The summed E-state index contributed by atoms with van der Waals surface area (Å²) < 4.78 is 5.40. The summed E-state index contributed by atoms with van der Waals surface area (Å²) >= 11 is 0. The van der Waals surface area contributed by atoms with Crippen molar-refractivity contribution in [3.63, 3.8) is 0 Å². The molecule has 0 spiro atoms. The van der Waals surface area contributed by atoms with Crippen molar-refractivity contribution in [1.29, 1.82) is 0 Å². The Morgan fingerprint density at radius 1 is 0.795 bits per heavy atom. The molecule has 0 aliphatic heterocycles. The summed E-state index contributed by atoms with van der Waals surface area (Å²) in [6.07, 6.45) is 48.5. The minimum atomic E-state index is -0.107. The quantitative estimate of drug-likeness (QED) is 0.0568. The van der Waals surface area contributed by atoms with Crippen molar-refractivity contribution in [2.75, 3.05) is 6.61 Å². The molecular formula is C42H62O2. The molecule has 242 valence electrons. The van der Waals surface area contributed by atoms with Gasteiger partial charge in [-0.3, -0.25) is 4.79 Å². The number of esters is 1. The molecule has 2 heteroatoms. The van der Waals surface area contributed by atoms with Crippen LogP contribution in [0.25, 0.3) is 0 Å². The van der Waals surface area contributed by atoms with Gasteiger partial charge in [0.25, 0.3) is 0 Å². The van der Waals surface area contributed by atoms with Gasteiger partial charge in [-0.05, 0) is 108 Å². The first-order valence-electron chi connectivity index (χ1n) is 17.1. The van der Waals surface area contributed by atoms with Gasteiger partial charge in [0.05, 0.1) is 0 Å². The topological polar surface area (TPSA) is 26.3 Å². The van der Waals surface area contributed by atoms with E-state index in [0.717, 1.165) is 63.4 Å². The molecule has 1 aliphatic rings. The van der Waals surface area contributed by atoms with Crippen LogP contribution >= 0.6 is 0 Å². The maximum atomic E-state index is 12.1. The number of rotatable bonds is 21. The lowest BCUT2D eigenvalue weighted by Crippen LogP contribution is -2.19. The predicted octanol–water partition coefficient (Wildman–Crippen LogP) is 12.8. The Morgan fingerprint density at radius 2 is 1.41 bits per heavy atom. The summed E-state index contributed by atoms with van der Waals surface area (Å²) in [7, 11) is 0. The van der Waals surface area contributed by atoms with Gasteiger partial charge in [-0.15, -0.1) is 0 Å². The first kappa shape index (κ1) is 38.9. The lowest BCUT2D eigenvalue weighted by molar-refractivity contribution is -0.142. The minimum Gasteiger partial charge on any atom is -0.461 e. The van der Waals surface area contributed by atoms with Crippen LogP contribution in [0.5, 0.6) is 0 Å². The van der Waals surface area contributed by atoms with E-state index < -0.39 is 0 Å². The van der Waals surface area contributed by atoms with E-state index in [9.17, 15) is 4.79 Å². The van der Waals surface area contributed by atoms with E-state index >= 15 is 0 Å². The molecule has 0 bridgehead atoms. The van der Waals surface area contributed by atoms with Gasteiger partial charge in [-0.2, -0.15) is 0 Å². The number of unbranched alkanes of at least 4 members (excludes halogenated alkanes) is 3. The smallest absolute Gasteiger partial charge is 0.306 e. The lowest BCUT2D eigenvalue weighted by Gasteiger charge is -2.32. The van der Waals surface area contributed by atoms with Crippen LogP contribution in [-0.2, 0) is 9.53 Å². The molecule has 1 aliphatic carbocycles. The SMILES string of the molecule is CC/C=C\C/C=C\C/C=C\C/C=C\C/C=C\CCCCCC(=O)OC/C=C(C)/C=C/C=C(C)/C=C/C1=C(C)CCCC1(C)C. The summed E-state index contributed by atoms with van der Waals surface area (Å²) in [6.45, 7) is 13.6. The van der Waals surface area contributed by atoms with Crippen LogP contribution in [0.3, 0.4) is 0 Å². The molecule has 0 fully saturated rings. The van der Waals surface area contributed by atoms with Crippen LogP contribution in [-0.4, -0.2) is 12.6 Å². The molecular weight excluding hydrogens is 536 g/mol. The fourth-order valence-corrected chi connectivity index (χ4v) is 5.12. The Hall–Kier alpha value is -3.13. The molecule has 2 nitrogen and oxygen atoms in total. The molecule has 44 heavy (non-hydrogen) atoms. The normalized spacial score (nSPS) is 17.0. The monoisotopic (exact) mass is 598 g/mol. The number of carbonyl (C=O) groups excluding carboxylic acids is 1. The summed E-state index contributed by atoms with van der Waals surface area (Å²) in [5, 5.41) is 0. The second kappa shape index (κ2) is 25.2. The van der Waals surface area contributed by atoms with Crippen molar-refractivity contribution >= 4 is 5.97 Å². The molecule has 0 atom stereocenters. The van der Waals surface area contributed by atoms with Crippen LogP contribution < -0.4 is 0 Å². The van der Waals surface area contributed by atoms with E-state index in [1.807, 2.05) is 13.0 Å². The third-order valence-electron chi connectivity index (χ3n) is 7.83. The lowest BCUT2D eigenvalue weighted by atomic mass is 9.72. The fraction of sp³-hybridized carbons (Fsp3) is 0.500. The van der Waals surface area contributed by atoms with Crippen molar-refractivity contribution in [1.82, 2.24) is 0 Å². The van der Waals surface area contributed by atoms with E-state index in [-0.39, 0.29) is 11.4 Å². The Morgan fingerprint density at radius 3 is 2.02 bits per heavy atom. The van der Waals surface area contributed by atoms with E-state index in [4.69, 9.17) is 4.74 Å². The molecule has 0 aromatic carbocycles. The maximum absolute atomic E-state index is 12.1. The van der Waals surface area contributed by atoms with E-state index in [1.54, 1.807) is 0 Å². The van der Waals surface area contributed by atoms with E-state index in [2.05, 4.69) is 126 Å². The summed E-state index contributed by atoms with van der Waals surface area (Å²) in [5.41, 5.74) is 5.60. The van der Waals surface area contributed by atoms with Crippen molar-refractivity contribution in [2.24, 2.45) is 5.41 Å². The highest BCUT2D eigenvalue weighted by Crippen LogP contribution is 2.40. The zero-order valence-corrected chi connectivity index (χ0v) is 29.0. The zero-order valence-electron chi connectivity index (χ0n) is 29.0. The van der Waals surface area contributed by atoms with Gasteiger partial charge in [0.15, 0.2) is 0 Å². The summed E-state index contributed by atoms with van der Waals surface area (Å²) in [4.78, 5) is 12.1. The first-order valence-corrected chi connectivity index (χ1v) is 17.1. The van der Waals surface area contributed by atoms with Crippen molar-refractivity contribution in [3.8, 4) is 0 Å². The third kappa shape index (κ3) is 20.7. The summed E-state index contributed by atoms with van der Waals surface area (Å²) in [5.74, 6) is -0.107. The molecule has 0 saturated carbocycles. The third-order valence-corrected chi connectivity index (χ3v) is 7.83. The van der Waals surface area contributed by atoms with Gasteiger partial charge in [0.1, 0.15) is 6.61 Å². The summed E-state index contributed by atoms with van der Waals surface area (Å²) in [6, 6.07) is 0. The van der Waals surface area contributed by atoms with Crippen LogP contribution in [0, 0.1) is 5.41 Å². The number of carbonyl (C=O) groups is 1.